The second kappa shape index (κ2) is 4.74. The fraction of sp³-hybridized carbons (Fsp3) is 0.400. The van der Waals surface area contributed by atoms with Gasteiger partial charge in [0.2, 0.25) is 0 Å². The third-order valence-corrected chi connectivity index (χ3v) is 3.56. The molecule has 1 aromatic rings. The second-order valence-electron chi connectivity index (χ2n) is 4.72. The van der Waals surface area contributed by atoms with Crippen molar-refractivity contribution in [1.29, 1.82) is 0 Å². The number of allylic oxidation sites excluding steroid dienone is 1. The van der Waals surface area contributed by atoms with Crippen molar-refractivity contribution in [2.45, 2.75) is 32.6 Å². The van der Waals surface area contributed by atoms with Gasteiger partial charge in [-0.25, -0.2) is 0 Å². The molecule has 0 spiro atoms. The highest BCUT2D eigenvalue weighted by molar-refractivity contribution is 5.71. The van der Waals surface area contributed by atoms with Crippen molar-refractivity contribution in [3.63, 3.8) is 0 Å². The topological polar surface area (TPSA) is 37.3 Å². The molecule has 0 amide bonds. The minimum atomic E-state index is -0.691. The Labute approximate surface area is 102 Å². The molecule has 2 nitrogen and oxygen atoms in total. The van der Waals surface area contributed by atoms with Gasteiger partial charge in [-0.05, 0) is 29.5 Å². The summed E-state index contributed by atoms with van der Waals surface area (Å²) in [5.74, 6) is -0.550. The van der Waals surface area contributed by atoms with Crippen molar-refractivity contribution in [3.8, 4) is 0 Å². The molecule has 1 aliphatic carbocycles. The van der Waals surface area contributed by atoms with E-state index < -0.39 is 5.97 Å². The lowest BCUT2D eigenvalue weighted by atomic mass is 9.89. The number of hydrogen-bond donors (Lipinski definition) is 1. The molecule has 90 valence electrons. The molecule has 1 aliphatic rings. The number of rotatable bonds is 4. The van der Waals surface area contributed by atoms with E-state index in [9.17, 15) is 4.79 Å². The van der Waals surface area contributed by atoms with E-state index in [4.69, 9.17) is 5.11 Å². The van der Waals surface area contributed by atoms with E-state index in [1.165, 1.54) is 16.7 Å². The predicted octanol–water partition coefficient (Wildman–Crippen LogP) is 3.47. The summed E-state index contributed by atoms with van der Waals surface area (Å²) in [4.78, 5) is 11.1. The average Bonchev–Trinajstić information content (AvgIpc) is 2.68. The normalized spacial score (nSPS) is 19.1. The lowest BCUT2D eigenvalue weighted by molar-refractivity contribution is -0.141. The highest BCUT2D eigenvalue weighted by Gasteiger charge is 2.21. The largest absolute Gasteiger partial charge is 0.481 e. The zero-order chi connectivity index (χ0) is 12.4. The number of carbonyl (C=O) groups is 1. The van der Waals surface area contributed by atoms with Crippen molar-refractivity contribution in [3.05, 3.63) is 41.0 Å². The molecule has 1 N–H and O–H groups in total. The Bertz CT molecular complexity index is 460. The van der Waals surface area contributed by atoms with Crippen LogP contribution in [0.5, 0.6) is 0 Å². The van der Waals surface area contributed by atoms with Crippen LogP contribution in [0.2, 0.25) is 0 Å². The maximum absolute atomic E-state index is 11.1. The van der Waals surface area contributed by atoms with Gasteiger partial charge in [0, 0.05) is 5.92 Å². The van der Waals surface area contributed by atoms with Crippen LogP contribution >= 0.6 is 0 Å². The lowest BCUT2D eigenvalue weighted by Gasteiger charge is -2.15. The molecule has 2 unspecified atom stereocenters. The molecule has 0 bridgehead atoms. The summed E-state index contributed by atoms with van der Waals surface area (Å²) in [6.45, 7) is 4.09. The SMILES string of the molecule is CCC(Cc1cccc2c1C(C)C=C2)C(=O)O. The van der Waals surface area contributed by atoms with Gasteiger partial charge in [-0.3, -0.25) is 4.79 Å². The monoisotopic (exact) mass is 230 g/mol. The van der Waals surface area contributed by atoms with Gasteiger partial charge in [-0.1, -0.05) is 44.2 Å². The summed E-state index contributed by atoms with van der Waals surface area (Å²) >= 11 is 0. The summed E-state index contributed by atoms with van der Waals surface area (Å²) in [5.41, 5.74) is 3.75. The van der Waals surface area contributed by atoms with Gasteiger partial charge in [0.1, 0.15) is 0 Å². The van der Waals surface area contributed by atoms with Gasteiger partial charge < -0.3 is 5.11 Å². The molecular weight excluding hydrogens is 212 g/mol. The van der Waals surface area contributed by atoms with Crippen LogP contribution in [0.4, 0.5) is 0 Å². The first kappa shape index (κ1) is 11.9. The molecule has 2 heteroatoms. The van der Waals surface area contributed by atoms with Gasteiger partial charge >= 0.3 is 5.97 Å². The maximum Gasteiger partial charge on any atom is 0.306 e. The Morgan fingerprint density at radius 2 is 2.24 bits per heavy atom. The smallest absolute Gasteiger partial charge is 0.306 e. The van der Waals surface area contributed by atoms with E-state index in [-0.39, 0.29) is 5.92 Å². The number of fused-ring (bicyclic) bond motifs is 1. The Balaban J connectivity index is 2.29. The van der Waals surface area contributed by atoms with E-state index in [1.807, 2.05) is 13.0 Å². The zero-order valence-electron chi connectivity index (χ0n) is 10.3. The molecule has 0 aromatic heterocycles. The predicted molar refractivity (Wildman–Crippen MR) is 69.0 cm³/mol. The van der Waals surface area contributed by atoms with E-state index in [2.05, 4.69) is 31.2 Å². The van der Waals surface area contributed by atoms with Gasteiger partial charge in [-0.15, -0.1) is 0 Å². The minimum absolute atomic E-state index is 0.269. The van der Waals surface area contributed by atoms with Crippen LogP contribution in [0.15, 0.2) is 24.3 Å². The van der Waals surface area contributed by atoms with Crippen LogP contribution < -0.4 is 0 Å². The van der Waals surface area contributed by atoms with E-state index in [1.54, 1.807) is 0 Å². The van der Waals surface area contributed by atoms with Gasteiger partial charge in [-0.2, -0.15) is 0 Å². The number of aliphatic carboxylic acids is 1. The highest BCUT2D eigenvalue weighted by Crippen LogP contribution is 2.33. The molecule has 2 atom stereocenters. The number of carboxylic acid groups (broad SMARTS) is 1. The van der Waals surface area contributed by atoms with Gasteiger partial charge in [0.05, 0.1) is 5.92 Å². The first-order valence-corrected chi connectivity index (χ1v) is 6.16. The first-order valence-electron chi connectivity index (χ1n) is 6.16. The molecule has 17 heavy (non-hydrogen) atoms. The van der Waals surface area contributed by atoms with Gasteiger partial charge in [0.15, 0.2) is 0 Å². The molecule has 0 fully saturated rings. The average molecular weight is 230 g/mol. The Hall–Kier alpha value is -1.57. The summed E-state index contributed by atoms with van der Waals surface area (Å²) in [5, 5.41) is 9.13. The van der Waals surface area contributed by atoms with E-state index in [0.717, 1.165) is 0 Å². The summed E-state index contributed by atoms with van der Waals surface area (Å²) in [7, 11) is 0. The molecule has 0 radical (unpaired) electrons. The zero-order valence-corrected chi connectivity index (χ0v) is 10.3. The molecule has 0 saturated carbocycles. The number of hydrogen-bond acceptors (Lipinski definition) is 1. The van der Waals surface area contributed by atoms with Crippen molar-refractivity contribution in [2.24, 2.45) is 5.92 Å². The van der Waals surface area contributed by atoms with Crippen molar-refractivity contribution in [2.75, 3.05) is 0 Å². The van der Waals surface area contributed by atoms with Gasteiger partial charge in [0.25, 0.3) is 0 Å². The van der Waals surface area contributed by atoms with E-state index >= 15 is 0 Å². The Morgan fingerprint density at radius 1 is 1.47 bits per heavy atom. The van der Waals surface area contributed by atoms with Crippen molar-refractivity contribution < 1.29 is 9.90 Å². The standard InChI is InChI=1S/C15H18O2/c1-3-11(15(16)17)9-13-6-4-5-12-8-7-10(2)14(12)13/h4-8,10-11H,3,9H2,1-2H3,(H,16,17). The quantitative estimate of drug-likeness (QED) is 0.860. The third-order valence-electron chi connectivity index (χ3n) is 3.56. The molecule has 0 heterocycles. The summed E-state index contributed by atoms with van der Waals surface area (Å²) < 4.78 is 0. The van der Waals surface area contributed by atoms with Crippen LogP contribution in [0.1, 0.15) is 42.9 Å². The van der Waals surface area contributed by atoms with E-state index in [0.29, 0.717) is 18.8 Å². The van der Waals surface area contributed by atoms with Crippen LogP contribution in [-0.4, -0.2) is 11.1 Å². The fourth-order valence-electron chi connectivity index (χ4n) is 2.53. The minimum Gasteiger partial charge on any atom is -0.481 e. The fourth-order valence-corrected chi connectivity index (χ4v) is 2.53. The van der Waals surface area contributed by atoms with Crippen LogP contribution in [0, 0.1) is 5.92 Å². The van der Waals surface area contributed by atoms with Crippen molar-refractivity contribution in [1.82, 2.24) is 0 Å². The summed E-state index contributed by atoms with van der Waals surface area (Å²) in [6, 6.07) is 6.18. The van der Waals surface area contributed by atoms with Crippen molar-refractivity contribution >= 4 is 12.0 Å². The number of benzene rings is 1. The molecular formula is C15H18O2. The van der Waals surface area contributed by atoms with Crippen LogP contribution in [0.25, 0.3) is 6.08 Å². The molecule has 1 aromatic carbocycles. The highest BCUT2D eigenvalue weighted by atomic mass is 16.4. The Morgan fingerprint density at radius 3 is 2.88 bits per heavy atom. The third kappa shape index (κ3) is 2.26. The molecule has 0 saturated heterocycles. The van der Waals surface area contributed by atoms with Crippen LogP contribution in [0.3, 0.4) is 0 Å². The maximum atomic E-state index is 11.1. The number of carboxylic acids is 1. The first-order chi connectivity index (χ1) is 8.13. The molecule has 2 rings (SSSR count). The Kier molecular flexibility index (Phi) is 3.32. The lowest BCUT2D eigenvalue weighted by Crippen LogP contribution is -2.16. The van der Waals surface area contributed by atoms with Crippen LogP contribution in [-0.2, 0) is 11.2 Å². The molecule has 0 aliphatic heterocycles. The summed E-state index contributed by atoms with van der Waals surface area (Å²) in [6.07, 6.45) is 5.63. The second-order valence-corrected chi connectivity index (χ2v) is 4.72.